The second kappa shape index (κ2) is 9.54. The van der Waals surface area contributed by atoms with Crippen molar-refractivity contribution in [2.45, 2.75) is 26.3 Å². The van der Waals surface area contributed by atoms with Crippen LogP contribution in [0.4, 0.5) is 5.13 Å². The highest BCUT2D eigenvalue weighted by molar-refractivity contribution is 7.22. The van der Waals surface area contributed by atoms with Gasteiger partial charge in [0.15, 0.2) is 5.13 Å². The van der Waals surface area contributed by atoms with Gasteiger partial charge in [0.05, 0.1) is 17.9 Å². The molecule has 0 unspecified atom stereocenters. The Hall–Kier alpha value is -3.19. The lowest BCUT2D eigenvalue weighted by atomic mass is 10.1. The molecule has 0 saturated heterocycles. The molecule has 0 saturated carbocycles. The first-order valence-electron chi connectivity index (χ1n) is 10.1. The quantitative estimate of drug-likeness (QED) is 0.398. The Kier molecular flexibility index (Phi) is 6.39. The third kappa shape index (κ3) is 4.68. The molecule has 1 amide bonds. The van der Waals surface area contributed by atoms with E-state index in [-0.39, 0.29) is 5.91 Å². The van der Waals surface area contributed by atoms with E-state index in [1.807, 2.05) is 72.4 Å². The molecule has 0 fully saturated rings. The molecule has 30 heavy (non-hydrogen) atoms. The van der Waals surface area contributed by atoms with Crippen LogP contribution in [-0.4, -0.2) is 33.8 Å². The lowest BCUT2D eigenvalue weighted by Crippen LogP contribution is -2.34. The van der Waals surface area contributed by atoms with Gasteiger partial charge in [-0.25, -0.2) is 4.98 Å². The van der Waals surface area contributed by atoms with Gasteiger partial charge in [-0.2, -0.15) is 5.10 Å². The number of hydrogen-bond donors (Lipinski definition) is 0. The highest BCUT2D eigenvalue weighted by Gasteiger charge is 2.21. The fourth-order valence-corrected chi connectivity index (χ4v) is 4.32. The average Bonchev–Trinajstić information content (AvgIpc) is 3.44. The van der Waals surface area contributed by atoms with Gasteiger partial charge in [-0.05, 0) is 37.1 Å². The summed E-state index contributed by atoms with van der Waals surface area (Å²) in [5.41, 5.74) is 1.96. The number of hydrogen-bond acceptors (Lipinski definition) is 5. The maximum Gasteiger partial charge on any atom is 0.229 e. The summed E-state index contributed by atoms with van der Waals surface area (Å²) in [6, 6.07) is 17.9. The van der Waals surface area contributed by atoms with Crippen LogP contribution in [-0.2, 0) is 17.8 Å². The molecule has 0 spiro atoms. The van der Waals surface area contributed by atoms with Crippen molar-refractivity contribution in [3.8, 4) is 5.75 Å². The molecule has 0 aliphatic heterocycles. The van der Waals surface area contributed by atoms with Crippen molar-refractivity contribution >= 4 is 32.6 Å². The number of carbonyl (C=O) groups excluding carboxylic acids is 1. The van der Waals surface area contributed by atoms with Gasteiger partial charge < -0.3 is 4.74 Å². The lowest BCUT2D eigenvalue weighted by Gasteiger charge is -2.20. The first kappa shape index (κ1) is 20.1. The molecule has 0 N–H and O–H groups in total. The third-order valence-electron chi connectivity index (χ3n) is 4.78. The Bertz CT molecular complexity index is 1090. The van der Waals surface area contributed by atoms with Crippen molar-refractivity contribution in [1.29, 1.82) is 0 Å². The van der Waals surface area contributed by atoms with E-state index in [0.717, 1.165) is 21.5 Å². The number of para-hydroxylation sites is 1. The molecule has 2 heterocycles. The molecule has 4 aromatic rings. The van der Waals surface area contributed by atoms with Crippen LogP contribution in [0.1, 0.15) is 18.9 Å². The SMILES string of the molecule is CCOc1cccc2sc(N(CCn3cccn3)C(=O)CCc3ccccc3)nc12. The number of amides is 1. The van der Waals surface area contributed by atoms with Gasteiger partial charge >= 0.3 is 0 Å². The summed E-state index contributed by atoms with van der Waals surface area (Å²) in [6.07, 6.45) is 4.77. The zero-order valence-corrected chi connectivity index (χ0v) is 17.7. The normalized spacial score (nSPS) is 11.0. The van der Waals surface area contributed by atoms with E-state index < -0.39 is 0 Å². The molecule has 154 valence electrons. The largest absolute Gasteiger partial charge is 0.492 e. The molecule has 7 heteroatoms. The smallest absolute Gasteiger partial charge is 0.229 e. The van der Waals surface area contributed by atoms with Crippen LogP contribution in [0, 0.1) is 0 Å². The Morgan fingerprint density at radius 3 is 2.77 bits per heavy atom. The zero-order chi connectivity index (χ0) is 20.8. The molecule has 0 radical (unpaired) electrons. The molecule has 6 nitrogen and oxygen atoms in total. The van der Waals surface area contributed by atoms with Crippen molar-refractivity contribution in [2.75, 3.05) is 18.1 Å². The number of benzene rings is 2. The fraction of sp³-hybridized carbons (Fsp3) is 0.261. The van der Waals surface area contributed by atoms with E-state index in [1.54, 1.807) is 11.1 Å². The van der Waals surface area contributed by atoms with Crippen molar-refractivity contribution in [3.05, 3.63) is 72.6 Å². The molecular formula is C23H24N4O2S. The standard InChI is InChI=1S/C23H24N4O2S/c1-2-29-19-10-6-11-20-22(19)25-23(30-20)27(17-16-26-15-7-14-24-26)21(28)13-12-18-8-4-3-5-9-18/h3-11,14-15H,2,12-13,16-17H2,1H3. The predicted molar refractivity (Wildman–Crippen MR) is 120 cm³/mol. The summed E-state index contributed by atoms with van der Waals surface area (Å²) in [5.74, 6) is 0.810. The van der Waals surface area contributed by atoms with Gasteiger partial charge in [-0.3, -0.25) is 14.4 Å². The minimum atomic E-state index is 0.0584. The van der Waals surface area contributed by atoms with Crippen LogP contribution in [0.5, 0.6) is 5.75 Å². The van der Waals surface area contributed by atoms with Gasteiger partial charge in [0.2, 0.25) is 5.91 Å². The lowest BCUT2D eigenvalue weighted by molar-refractivity contribution is -0.118. The van der Waals surface area contributed by atoms with E-state index in [9.17, 15) is 4.79 Å². The number of carbonyl (C=O) groups is 1. The fourth-order valence-electron chi connectivity index (χ4n) is 3.29. The number of ether oxygens (including phenoxy) is 1. The number of nitrogens with zero attached hydrogens (tertiary/aromatic N) is 4. The van der Waals surface area contributed by atoms with Crippen molar-refractivity contribution in [3.63, 3.8) is 0 Å². The molecule has 0 atom stereocenters. The number of fused-ring (bicyclic) bond motifs is 1. The summed E-state index contributed by atoms with van der Waals surface area (Å²) in [6.45, 7) is 3.65. The van der Waals surface area contributed by atoms with E-state index in [2.05, 4.69) is 5.10 Å². The molecule has 0 aliphatic carbocycles. The minimum Gasteiger partial charge on any atom is -0.492 e. The Morgan fingerprint density at radius 2 is 2.00 bits per heavy atom. The molecule has 0 aliphatic rings. The van der Waals surface area contributed by atoms with E-state index in [1.165, 1.54) is 11.3 Å². The van der Waals surface area contributed by atoms with E-state index >= 15 is 0 Å². The van der Waals surface area contributed by atoms with Gasteiger partial charge in [0, 0.05) is 25.4 Å². The third-order valence-corrected chi connectivity index (χ3v) is 5.83. The van der Waals surface area contributed by atoms with Crippen LogP contribution in [0.2, 0.25) is 0 Å². The van der Waals surface area contributed by atoms with Crippen LogP contribution in [0.3, 0.4) is 0 Å². The van der Waals surface area contributed by atoms with E-state index in [0.29, 0.717) is 37.7 Å². The molecule has 0 bridgehead atoms. The molecule has 2 aromatic carbocycles. The highest BCUT2D eigenvalue weighted by Crippen LogP contribution is 2.34. The maximum atomic E-state index is 13.2. The predicted octanol–water partition coefficient (Wildman–Crippen LogP) is 4.56. The average molecular weight is 421 g/mol. The number of aromatic nitrogens is 3. The van der Waals surface area contributed by atoms with Crippen molar-refractivity contribution in [1.82, 2.24) is 14.8 Å². The molecule has 2 aromatic heterocycles. The van der Waals surface area contributed by atoms with Crippen molar-refractivity contribution in [2.24, 2.45) is 0 Å². The Morgan fingerprint density at radius 1 is 1.13 bits per heavy atom. The van der Waals surface area contributed by atoms with Crippen LogP contribution in [0.25, 0.3) is 10.2 Å². The molecule has 4 rings (SSSR count). The summed E-state index contributed by atoms with van der Waals surface area (Å²) in [4.78, 5) is 19.8. The second-order valence-electron chi connectivity index (χ2n) is 6.83. The van der Waals surface area contributed by atoms with E-state index in [4.69, 9.17) is 9.72 Å². The van der Waals surface area contributed by atoms with Crippen LogP contribution >= 0.6 is 11.3 Å². The zero-order valence-electron chi connectivity index (χ0n) is 16.9. The number of thiazole rings is 1. The van der Waals surface area contributed by atoms with Crippen molar-refractivity contribution < 1.29 is 9.53 Å². The van der Waals surface area contributed by atoms with Crippen LogP contribution in [0.15, 0.2) is 67.0 Å². The first-order valence-corrected chi connectivity index (χ1v) is 10.9. The van der Waals surface area contributed by atoms with Gasteiger partial charge in [0.25, 0.3) is 0 Å². The minimum absolute atomic E-state index is 0.0584. The first-order chi connectivity index (χ1) is 14.7. The summed E-state index contributed by atoms with van der Waals surface area (Å²) in [7, 11) is 0. The summed E-state index contributed by atoms with van der Waals surface area (Å²) in [5, 5.41) is 4.95. The summed E-state index contributed by atoms with van der Waals surface area (Å²) < 4.78 is 8.56. The monoisotopic (exact) mass is 420 g/mol. The number of rotatable bonds is 9. The number of aryl methyl sites for hydroxylation is 1. The summed E-state index contributed by atoms with van der Waals surface area (Å²) >= 11 is 1.52. The topological polar surface area (TPSA) is 60.2 Å². The van der Waals surface area contributed by atoms with Gasteiger partial charge in [-0.15, -0.1) is 0 Å². The number of anilines is 1. The Labute approximate surface area is 179 Å². The molecular weight excluding hydrogens is 396 g/mol. The Balaban J connectivity index is 1.58. The van der Waals surface area contributed by atoms with Gasteiger partial charge in [0.1, 0.15) is 11.3 Å². The highest BCUT2D eigenvalue weighted by atomic mass is 32.1. The van der Waals surface area contributed by atoms with Gasteiger partial charge in [-0.1, -0.05) is 47.7 Å². The maximum absolute atomic E-state index is 13.2. The van der Waals surface area contributed by atoms with Crippen LogP contribution < -0.4 is 9.64 Å². The second-order valence-corrected chi connectivity index (χ2v) is 7.84.